The number of likely N-dealkylation sites (tertiary alicyclic amines) is 1. The van der Waals surface area contributed by atoms with Crippen LogP contribution in [0, 0.1) is 6.92 Å². The first-order valence-electron chi connectivity index (χ1n) is 9.95. The maximum atomic E-state index is 12.2. The molecule has 1 aliphatic heterocycles. The van der Waals surface area contributed by atoms with Gasteiger partial charge < -0.3 is 19.7 Å². The first-order chi connectivity index (χ1) is 13.6. The number of methoxy groups -OCH3 is 1. The van der Waals surface area contributed by atoms with Crippen LogP contribution in [0.25, 0.3) is 0 Å². The summed E-state index contributed by atoms with van der Waals surface area (Å²) in [5.41, 5.74) is 3.69. The average Bonchev–Trinajstić information content (AvgIpc) is 3.26. The number of nitrogens with zero attached hydrogens (tertiary/aromatic N) is 1. The van der Waals surface area contributed by atoms with Crippen molar-refractivity contribution in [2.45, 2.75) is 39.3 Å². The van der Waals surface area contributed by atoms with Gasteiger partial charge in [0.15, 0.2) is 18.1 Å². The molecule has 0 aliphatic carbocycles. The van der Waals surface area contributed by atoms with Gasteiger partial charge in [0.1, 0.15) is 0 Å². The normalized spacial score (nSPS) is 14.8. The van der Waals surface area contributed by atoms with E-state index >= 15 is 0 Å². The van der Waals surface area contributed by atoms with Crippen LogP contribution in [0.1, 0.15) is 42.5 Å². The van der Waals surface area contributed by atoms with Gasteiger partial charge in [-0.3, -0.25) is 4.79 Å². The van der Waals surface area contributed by atoms with Crippen LogP contribution in [-0.2, 0) is 11.3 Å². The van der Waals surface area contributed by atoms with Gasteiger partial charge in [-0.25, -0.2) is 0 Å². The number of benzene rings is 2. The van der Waals surface area contributed by atoms with E-state index in [1.807, 2.05) is 23.1 Å². The second-order valence-electron chi connectivity index (χ2n) is 7.32. The molecule has 0 saturated carbocycles. The Kier molecular flexibility index (Phi) is 6.93. The molecule has 5 heteroatoms. The molecule has 1 amide bonds. The molecule has 150 valence electrons. The molecule has 1 heterocycles. The van der Waals surface area contributed by atoms with Crippen LogP contribution in [0.15, 0.2) is 42.5 Å². The third kappa shape index (κ3) is 5.04. The summed E-state index contributed by atoms with van der Waals surface area (Å²) in [6, 6.07) is 14.5. The van der Waals surface area contributed by atoms with E-state index in [-0.39, 0.29) is 18.6 Å². The van der Waals surface area contributed by atoms with Gasteiger partial charge in [-0.1, -0.05) is 30.3 Å². The number of hydrogen-bond donors (Lipinski definition) is 1. The molecule has 0 radical (unpaired) electrons. The Morgan fingerprint density at radius 3 is 2.61 bits per heavy atom. The fourth-order valence-corrected chi connectivity index (χ4v) is 3.59. The van der Waals surface area contributed by atoms with Crippen LogP contribution in [0.4, 0.5) is 0 Å². The number of carbonyl (C=O) groups is 1. The molecule has 0 bridgehead atoms. The van der Waals surface area contributed by atoms with Crippen molar-refractivity contribution in [2.24, 2.45) is 0 Å². The van der Waals surface area contributed by atoms with E-state index < -0.39 is 0 Å². The molecule has 0 spiro atoms. The van der Waals surface area contributed by atoms with E-state index in [0.717, 1.165) is 38.0 Å². The Labute approximate surface area is 167 Å². The standard InChI is InChI=1S/C23H30N2O3/c1-17-8-4-5-9-20(17)18(2)24-15-19-10-11-21(22(14-19)27-3)28-16-23(26)25-12-6-7-13-25/h4-5,8-11,14,18,24H,6-7,12-13,15-16H2,1-3H3. The molecule has 3 rings (SSSR count). The summed E-state index contributed by atoms with van der Waals surface area (Å²) in [6.07, 6.45) is 2.16. The summed E-state index contributed by atoms with van der Waals surface area (Å²) >= 11 is 0. The van der Waals surface area contributed by atoms with Gasteiger partial charge in [0.2, 0.25) is 0 Å². The van der Waals surface area contributed by atoms with Crippen molar-refractivity contribution in [3.05, 3.63) is 59.2 Å². The highest BCUT2D eigenvalue weighted by molar-refractivity contribution is 5.78. The van der Waals surface area contributed by atoms with Crippen molar-refractivity contribution in [3.63, 3.8) is 0 Å². The van der Waals surface area contributed by atoms with Gasteiger partial charge in [-0.2, -0.15) is 0 Å². The lowest BCUT2D eigenvalue weighted by atomic mass is 10.0. The molecule has 1 unspecified atom stereocenters. The first kappa shape index (κ1) is 20.2. The molecule has 2 aromatic rings. The van der Waals surface area contributed by atoms with E-state index in [1.165, 1.54) is 11.1 Å². The lowest BCUT2D eigenvalue weighted by Crippen LogP contribution is -2.32. The van der Waals surface area contributed by atoms with Crippen molar-refractivity contribution < 1.29 is 14.3 Å². The second kappa shape index (κ2) is 9.60. The molecule has 1 fully saturated rings. The predicted octanol–water partition coefficient (Wildman–Crippen LogP) is 3.86. The lowest BCUT2D eigenvalue weighted by molar-refractivity contribution is -0.132. The van der Waals surface area contributed by atoms with Crippen LogP contribution >= 0.6 is 0 Å². The fraction of sp³-hybridized carbons (Fsp3) is 0.435. The van der Waals surface area contributed by atoms with E-state index in [4.69, 9.17) is 9.47 Å². The average molecular weight is 383 g/mol. The predicted molar refractivity (Wildman–Crippen MR) is 111 cm³/mol. The molecule has 5 nitrogen and oxygen atoms in total. The minimum absolute atomic E-state index is 0.0392. The quantitative estimate of drug-likeness (QED) is 0.753. The zero-order valence-corrected chi connectivity index (χ0v) is 17.0. The summed E-state index contributed by atoms with van der Waals surface area (Å²) in [4.78, 5) is 14.0. The fourth-order valence-electron chi connectivity index (χ4n) is 3.59. The Balaban J connectivity index is 1.58. The van der Waals surface area contributed by atoms with Crippen molar-refractivity contribution in [3.8, 4) is 11.5 Å². The van der Waals surface area contributed by atoms with Gasteiger partial charge in [0.05, 0.1) is 7.11 Å². The summed E-state index contributed by atoms with van der Waals surface area (Å²) in [5, 5.41) is 3.56. The number of aryl methyl sites for hydroxylation is 1. The highest BCUT2D eigenvalue weighted by Crippen LogP contribution is 2.28. The summed E-state index contributed by atoms with van der Waals surface area (Å²) in [6.45, 7) is 6.75. The van der Waals surface area contributed by atoms with Crippen molar-refractivity contribution in [1.29, 1.82) is 0 Å². The summed E-state index contributed by atoms with van der Waals surface area (Å²) in [5.74, 6) is 1.29. The molecule has 1 atom stereocenters. The number of nitrogens with one attached hydrogen (secondary N) is 1. The Hall–Kier alpha value is -2.53. The van der Waals surface area contributed by atoms with E-state index in [0.29, 0.717) is 11.5 Å². The summed E-state index contributed by atoms with van der Waals surface area (Å²) < 4.78 is 11.2. The highest BCUT2D eigenvalue weighted by atomic mass is 16.5. The highest BCUT2D eigenvalue weighted by Gasteiger charge is 2.19. The molecule has 1 aliphatic rings. The van der Waals surface area contributed by atoms with Crippen LogP contribution in [0.3, 0.4) is 0 Å². The number of hydrogen-bond acceptors (Lipinski definition) is 4. The van der Waals surface area contributed by atoms with Crippen molar-refractivity contribution in [2.75, 3.05) is 26.8 Å². The van der Waals surface area contributed by atoms with E-state index in [1.54, 1.807) is 7.11 Å². The largest absolute Gasteiger partial charge is 0.493 e. The Morgan fingerprint density at radius 1 is 1.14 bits per heavy atom. The van der Waals surface area contributed by atoms with E-state index in [2.05, 4.69) is 43.4 Å². The Bertz CT molecular complexity index is 800. The molecular weight excluding hydrogens is 352 g/mol. The van der Waals surface area contributed by atoms with Gasteiger partial charge in [-0.15, -0.1) is 0 Å². The maximum absolute atomic E-state index is 12.2. The minimum Gasteiger partial charge on any atom is -0.493 e. The SMILES string of the molecule is COc1cc(CNC(C)c2ccccc2C)ccc1OCC(=O)N1CCCC1. The van der Waals surface area contributed by atoms with Gasteiger partial charge in [-0.05, 0) is 55.5 Å². The zero-order valence-electron chi connectivity index (χ0n) is 17.0. The van der Waals surface area contributed by atoms with Crippen LogP contribution in [0.5, 0.6) is 11.5 Å². The third-order valence-electron chi connectivity index (χ3n) is 5.31. The number of carbonyl (C=O) groups excluding carboxylic acids is 1. The van der Waals surface area contributed by atoms with Crippen LogP contribution < -0.4 is 14.8 Å². The van der Waals surface area contributed by atoms with Crippen LogP contribution in [0.2, 0.25) is 0 Å². The molecule has 1 N–H and O–H groups in total. The topological polar surface area (TPSA) is 50.8 Å². The minimum atomic E-state index is 0.0392. The number of amides is 1. The lowest BCUT2D eigenvalue weighted by Gasteiger charge is -2.18. The van der Waals surface area contributed by atoms with Gasteiger partial charge in [0.25, 0.3) is 5.91 Å². The molecule has 28 heavy (non-hydrogen) atoms. The number of rotatable bonds is 8. The van der Waals surface area contributed by atoms with Gasteiger partial charge >= 0.3 is 0 Å². The molecule has 0 aromatic heterocycles. The van der Waals surface area contributed by atoms with E-state index in [9.17, 15) is 4.79 Å². The second-order valence-corrected chi connectivity index (χ2v) is 7.32. The molecular formula is C23H30N2O3. The molecule has 2 aromatic carbocycles. The Morgan fingerprint density at radius 2 is 1.89 bits per heavy atom. The van der Waals surface area contributed by atoms with Gasteiger partial charge in [0, 0.05) is 25.7 Å². The number of ether oxygens (including phenoxy) is 2. The van der Waals surface area contributed by atoms with Crippen LogP contribution in [-0.4, -0.2) is 37.6 Å². The van der Waals surface area contributed by atoms with Crippen molar-refractivity contribution in [1.82, 2.24) is 10.2 Å². The van der Waals surface area contributed by atoms with Crippen molar-refractivity contribution >= 4 is 5.91 Å². The summed E-state index contributed by atoms with van der Waals surface area (Å²) in [7, 11) is 1.62. The maximum Gasteiger partial charge on any atom is 0.260 e. The zero-order chi connectivity index (χ0) is 19.9. The monoisotopic (exact) mass is 382 g/mol. The first-order valence-corrected chi connectivity index (χ1v) is 9.95. The third-order valence-corrected chi connectivity index (χ3v) is 5.31. The molecule has 1 saturated heterocycles. The smallest absolute Gasteiger partial charge is 0.260 e.